The van der Waals surface area contributed by atoms with Gasteiger partial charge < -0.3 is 21.7 Å². The summed E-state index contributed by atoms with van der Waals surface area (Å²) in [4.78, 5) is 49.7. The van der Waals surface area contributed by atoms with E-state index in [0.29, 0.717) is 11.3 Å². The summed E-state index contributed by atoms with van der Waals surface area (Å²) in [5.41, 5.74) is 6.28. The van der Waals surface area contributed by atoms with E-state index >= 15 is 0 Å². The Morgan fingerprint density at radius 3 is 2.15 bits per heavy atom. The zero-order valence-corrected chi connectivity index (χ0v) is 18.7. The maximum absolute atomic E-state index is 12.4. The maximum Gasteiger partial charge on any atom is 0.243 e. The van der Waals surface area contributed by atoms with Gasteiger partial charge in [-0.1, -0.05) is 48.5 Å². The number of primary amides is 1. The van der Waals surface area contributed by atoms with E-state index in [4.69, 9.17) is 5.73 Å². The number of piperazine rings is 1. The quantitative estimate of drug-likeness (QED) is 0.379. The standard InChI is InChI=1S/C23H26N4O5S/c24-21(29)17(11-12-33(32)16-9-5-2-6-10-16)25-20(28)14-19-23(31)26-18(22(30)27-19)13-15-7-3-1-4-8-15/h1-10,17-19H,11-14H2,(H2,24,29)(H,25,28)(H,26,31)(H,27,30)/t17-,18-,19-,33-/m0/s1. The molecule has 2 aromatic rings. The fourth-order valence-electron chi connectivity index (χ4n) is 3.45. The second kappa shape index (κ2) is 11.4. The lowest BCUT2D eigenvalue weighted by molar-refractivity contribution is -0.138. The smallest absolute Gasteiger partial charge is 0.243 e. The molecule has 2 aromatic carbocycles. The summed E-state index contributed by atoms with van der Waals surface area (Å²) in [5, 5.41) is 7.68. The van der Waals surface area contributed by atoms with Crippen LogP contribution in [-0.4, -0.2) is 51.7 Å². The molecule has 10 heteroatoms. The first-order valence-corrected chi connectivity index (χ1v) is 11.8. The van der Waals surface area contributed by atoms with Crippen molar-refractivity contribution in [1.82, 2.24) is 16.0 Å². The summed E-state index contributed by atoms with van der Waals surface area (Å²) >= 11 is 0. The van der Waals surface area contributed by atoms with Gasteiger partial charge in [-0.3, -0.25) is 23.4 Å². The minimum atomic E-state index is -1.35. The average Bonchev–Trinajstić information content (AvgIpc) is 2.80. The van der Waals surface area contributed by atoms with Crippen LogP contribution in [0.3, 0.4) is 0 Å². The monoisotopic (exact) mass is 470 g/mol. The van der Waals surface area contributed by atoms with E-state index in [1.165, 1.54) is 0 Å². The van der Waals surface area contributed by atoms with Crippen LogP contribution in [0.4, 0.5) is 0 Å². The first kappa shape index (κ1) is 24.1. The highest BCUT2D eigenvalue weighted by Gasteiger charge is 2.35. The number of nitrogens with two attached hydrogens (primary N) is 1. The molecule has 0 saturated carbocycles. The van der Waals surface area contributed by atoms with E-state index < -0.39 is 46.6 Å². The molecule has 1 fully saturated rings. The molecule has 1 aliphatic heterocycles. The zero-order chi connectivity index (χ0) is 23.8. The first-order chi connectivity index (χ1) is 15.8. The number of hydrogen-bond donors (Lipinski definition) is 4. The van der Waals surface area contributed by atoms with E-state index in [9.17, 15) is 23.4 Å². The van der Waals surface area contributed by atoms with Gasteiger partial charge in [0.2, 0.25) is 23.6 Å². The lowest BCUT2D eigenvalue weighted by Gasteiger charge is -2.29. The lowest BCUT2D eigenvalue weighted by Crippen LogP contribution is -2.63. The Morgan fingerprint density at radius 2 is 1.52 bits per heavy atom. The largest absolute Gasteiger partial charge is 0.368 e. The second-order valence-corrected chi connectivity index (χ2v) is 9.26. The normalized spacial score (nSPS) is 19.6. The van der Waals surface area contributed by atoms with Crippen LogP contribution in [0.5, 0.6) is 0 Å². The molecule has 0 aromatic heterocycles. The topological polar surface area (TPSA) is 147 Å². The molecule has 3 rings (SSSR count). The van der Waals surface area contributed by atoms with E-state index in [1.54, 1.807) is 30.3 Å². The predicted molar refractivity (Wildman–Crippen MR) is 122 cm³/mol. The van der Waals surface area contributed by atoms with Gasteiger partial charge in [-0.25, -0.2) is 0 Å². The van der Waals surface area contributed by atoms with Gasteiger partial charge in [0.15, 0.2) is 0 Å². The highest BCUT2D eigenvalue weighted by molar-refractivity contribution is 7.85. The Bertz CT molecular complexity index is 1030. The average molecular weight is 471 g/mol. The number of carbonyl (C=O) groups excluding carboxylic acids is 4. The number of hydrogen-bond acceptors (Lipinski definition) is 5. The number of carbonyl (C=O) groups is 4. The van der Waals surface area contributed by atoms with Gasteiger partial charge in [0, 0.05) is 17.1 Å². The van der Waals surface area contributed by atoms with Crippen molar-refractivity contribution in [2.45, 2.75) is 42.3 Å². The summed E-state index contributed by atoms with van der Waals surface area (Å²) in [6.07, 6.45) is 0.0613. The minimum Gasteiger partial charge on any atom is -0.368 e. The SMILES string of the molecule is NC(=O)[C@H](CC[S@](=O)c1ccccc1)NC(=O)C[C@@H]1NC(=O)[C@H](Cc2ccccc2)NC1=O. The third-order valence-corrected chi connectivity index (χ3v) is 6.62. The van der Waals surface area contributed by atoms with Crippen molar-refractivity contribution in [2.75, 3.05) is 5.75 Å². The van der Waals surface area contributed by atoms with Gasteiger partial charge >= 0.3 is 0 Å². The molecule has 1 heterocycles. The zero-order valence-electron chi connectivity index (χ0n) is 17.9. The van der Waals surface area contributed by atoms with Gasteiger partial charge in [0.1, 0.15) is 18.1 Å². The molecule has 174 valence electrons. The second-order valence-electron chi connectivity index (χ2n) is 7.69. The summed E-state index contributed by atoms with van der Waals surface area (Å²) in [5.74, 6) is -2.13. The van der Waals surface area contributed by atoms with Crippen molar-refractivity contribution in [3.63, 3.8) is 0 Å². The van der Waals surface area contributed by atoms with Gasteiger partial charge in [-0.15, -0.1) is 0 Å². The Labute approximate surface area is 194 Å². The Kier molecular flexibility index (Phi) is 8.31. The number of amides is 4. The number of benzene rings is 2. The van der Waals surface area contributed by atoms with E-state index in [-0.39, 0.29) is 24.5 Å². The van der Waals surface area contributed by atoms with Crippen LogP contribution in [0.25, 0.3) is 0 Å². The molecule has 0 radical (unpaired) electrons. The van der Waals surface area contributed by atoms with Crippen molar-refractivity contribution >= 4 is 34.4 Å². The van der Waals surface area contributed by atoms with Gasteiger partial charge in [-0.2, -0.15) is 0 Å². The van der Waals surface area contributed by atoms with Gasteiger partial charge in [-0.05, 0) is 24.1 Å². The third-order valence-electron chi connectivity index (χ3n) is 5.21. The van der Waals surface area contributed by atoms with Gasteiger partial charge in [0.05, 0.1) is 17.2 Å². The molecule has 4 amide bonds. The number of rotatable bonds is 10. The van der Waals surface area contributed by atoms with Crippen LogP contribution in [-0.2, 0) is 36.4 Å². The van der Waals surface area contributed by atoms with Crippen LogP contribution < -0.4 is 21.7 Å². The van der Waals surface area contributed by atoms with E-state index in [1.807, 2.05) is 30.3 Å². The lowest BCUT2D eigenvalue weighted by atomic mass is 10.0. The van der Waals surface area contributed by atoms with E-state index in [0.717, 1.165) is 5.56 Å². The fraction of sp³-hybridized carbons (Fsp3) is 0.304. The molecule has 33 heavy (non-hydrogen) atoms. The van der Waals surface area contributed by atoms with Crippen LogP contribution in [0, 0.1) is 0 Å². The molecular weight excluding hydrogens is 444 g/mol. The summed E-state index contributed by atoms with van der Waals surface area (Å²) in [6.45, 7) is 0. The maximum atomic E-state index is 12.4. The van der Waals surface area contributed by atoms with Gasteiger partial charge in [0.25, 0.3) is 0 Å². The molecular formula is C23H26N4O5S. The molecule has 0 unspecified atom stereocenters. The summed E-state index contributed by atoms with van der Waals surface area (Å²) in [6, 6.07) is 15.2. The Hall–Kier alpha value is -3.53. The Balaban J connectivity index is 1.51. The van der Waals surface area contributed by atoms with Crippen molar-refractivity contribution in [3.05, 3.63) is 66.2 Å². The summed E-state index contributed by atoms with van der Waals surface area (Å²) < 4.78 is 12.4. The first-order valence-electron chi connectivity index (χ1n) is 10.5. The van der Waals surface area contributed by atoms with Crippen LogP contribution in [0.15, 0.2) is 65.6 Å². The molecule has 9 nitrogen and oxygen atoms in total. The van der Waals surface area contributed by atoms with Crippen LogP contribution in [0.1, 0.15) is 18.4 Å². The van der Waals surface area contributed by atoms with Crippen molar-refractivity contribution in [2.24, 2.45) is 5.73 Å². The molecule has 5 N–H and O–H groups in total. The number of nitrogens with one attached hydrogen (secondary N) is 3. The highest BCUT2D eigenvalue weighted by Crippen LogP contribution is 2.10. The molecule has 0 spiro atoms. The fourth-order valence-corrected chi connectivity index (χ4v) is 4.60. The van der Waals surface area contributed by atoms with Crippen molar-refractivity contribution in [1.29, 1.82) is 0 Å². The Morgan fingerprint density at radius 1 is 0.939 bits per heavy atom. The highest BCUT2D eigenvalue weighted by atomic mass is 32.2. The summed E-state index contributed by atoms with van der Waals surface area (Å²) in [7, 11) is -1.35. The van der Waals surface area contributed by atoms with Crippen LogP contribution in [0.2, 0.25) is 0 Å². The van der Waals surface area contributed by atoms with Crippen LogP contribution >= 0.6 is 0 Å². The third kappa shape index (κ3) is 6.98. The predicted octanol–water partition coefficient (Wildman–Crippen LogP) is -0.230. The van der Waals surface area contributed by atoms with E-state index in [2.05, 4.69) is 16.0 Å². The van der Waals surface area contributed by atoms with Crippen molar-refractivity contribution < 1.29 is 23.4 Å². The molecule has 0 aliphatic carbocycles. The molecule has 0 bridgehead atoms. The molecule has 4 atom stereocenters. The van der Waals surface area contributed by atoms with Crippen molar-refractivity contribution in [3.8, 4) is 0 Å². The minimum absolute atomic E-state index is 0.0744. The molecule has 1 aliphatic rings. The molecule has 1 saturated heterocycles.